The van der Waals surface area contributed by atoms with Crippen LogP contribution in [0.1, 0.15) is 52.1 Å². The lowest BCUT2D eigenvalue weighted by Crippen LogP contribution is -2.45. The highest BCUT2D eigenvalue weighted by Crippen LogP contribution is 2.21. The second-order valence-electron chi connectivity index (χ2n) is 9.36. The molecule has 0 fully saturated rings. The Balaban J connectivity index is 1.49. The van der Waals surface area contributed by atoms with Crippen LogP contribution < -0.4 is 15.4 Å². The Labute approximate surface area is 225 Å². The lowest BCUT2D eigenvalue weighted by molar-refractivity contribution is -0.131. The van der Waals surface area contributed by atoms with Gasteiger partial charge in [-0.25, -0.2) is 4.98 Å². The van der Waals surface area contributed by atoms with Gasteiger partial charge in [-0.3, -0.25) is 19.1 Å². The van der Waals surface area contributed by atoms with E-state index in [-0.39, 0.29) is 24.1 Å². The van der Waals surface area contributed by atoms with Gasteiger partial charge in [0, 0.05) is 31.4 Å². The topological polar surface area (TPSA) is 131 Å². The molecule has 4 rings (SSSR count). The number of amides is 3. The average Bonchev–Trinajstić information content (AvgIpc) is 3.51. The summed E-state index contributed by atoms with van der Waals surface area (Å²) in [6.45, 7) is 7.50. The van der Waals surface area contributed by atoms with Gasteiger partial charge in [0.05, 0.1) is 42.0 Å². The number of benzene rings is 1. The van der Waals surface area contributed by atoms with Crippen molar-refractivity contribution in [3.63, 3.8) is 0 Å². The summed E-state index contributed by atoms with van der Waals surface area (Å²) in [5.74, 6) is -0.277. The number of nitrogens with one attached hydrogen (secondary N) is 2. The number of fused-ring (bicyclic) bond motifs is 3. The van der Waals surface area contributed by atoms with Gasteiger partial charge in [0.15, 0.2) is 0 Å². The maximum atomic E-state index is 13.1. The fourth-order valence-corrected chi connectivity index (χ4v) is 4.70. The summed E-state index contributed by atoms with van der Waals surface area (Å²) in [5.41, 5.74) is 2.76. The number of thiazole rings is 1. The predicted octanol–water partition coefficient (Wildman–Crippen LogP) is 2.03. The first-order chi connectivity index (χ1) is 18.3. The molecule has 12 heteroatoms. The third kappa shape index (κ3) is 7.37. The highest BCUT2D eigenvalue weighted by atomic mass is 32.1. The van der Waals surface area contributed by atoms with Gasteiger partial charge in [0.2, 0.25) is 11.8 Å². The standard InChI is InChI=1S/C26H33N7O4S/c1-17-6-7-22-23(12-17)37-11-5-10-33-15-21(30-31-33)14-32(24(34)13-20-16-38-19(3)29-20)9-4-8-27-25(35)18(2)28-26(22)36/h6-7,12,15-16,18H,4-5,8-11,13-14H2,1-3H3,(H,27,35)(H,28,36)/t18-/m1/s1. The maximum absolute atomic E-state index is 13.1. The van der Waals surface area contributed by atoms with E-state index in [4.69, 9.17) is 4.74 Å². The number of nitrogens with zero attached hydrogens (tertiary/aromatic N) is 5. The van der Waals surface area contributed by atoms with E-state index >= 15 is 0 Å². The van der Waals surface area contributed by atoms with Gasteiger partial charge in [-0.2, -0.15) is 0 Å². The van der Waals surface area contributed by atoms with Crippen molar-refractivity contribution in [2.75, 3.05) is 19.7 Å². The molecule has 38 heavy (non-hydrogen) atoms. The molecule has 3 heterocycles. The van der Waals surface area contributed by atoms with Gasteiger partial charge in [-0.1, -0.05) is 11.3 Å². The Bertz CT molecular complexity index is 1290. The van der Waals surface area contributed by atoms with Crippen LogP contribution in [0.25, 0.3) is 0 Å². The van der Waals surface area contributed by atoms with Crippen LogP contribution in [0.15, 0.2) is 29.8 Å². The second-order valence-corrected chi connectivity index (χ2v) is 10.4. The van der Waals surface area contributed by atoms with E-state index in [0.29, 0.717) is 62.6 Å². The molecule has 3 aromatic rings. The lowest BCUT2D eigenvalue weighted by Gasteiger charge is -2.22. The van der Waals surface area contributed by atoms with Crippen molar-refractivity contribution in [1.29, 1.82) is 0 Å². The van der Waals surface area contributed by atoms with Crippen LogP contribution in [-0.2, 0) is 29.1 Å². The van der Waals surface area contributed by atoms with E-state index in [1.807, 2.05) is 37.6 Å². The molecule has 11 nitrogen and oxygen atoms in total. The Morgan fingerprint density at radius 2 is 2.05 bits per heavy atom. The number of carbonyl (C=O) groups is 3. The average molecular weight is 540 g/mol. The van der Waals surface area contributed by atoms with Gasteiger partial charge >= 0.3 is 0 Å². The molecule has 0 spiro atoms. The Morgan fingerprint density at radius 3 is 2.84 bits per heavy atom. The molecular formula is C26H33N7O4S. The number of aromatic nitrogens is 4. The van der Waals surface area contributed by atoms with E-state index < -0.39 is 6.04 Å². The summed E-state index contributed by atoms with van der Waals surface area (Å²) >= 11 is 1.51. The maximum Gasteiger partial charge on any atom is 0.255 e. The molecule has 0 aliphatic carbocycles. The molecule has 0 unspecified atom stereocenters. The van der Waals surface area contributed by atoms with Crippen molar-refractivity contribution in [3.05, 3.63) is 57.3 Å². The quantitative estimate of drug-likeness (QED) is 0.509. The minimum absolute atomic E-state index is 0.0656. The summed E-state index contributed by atoms with van der Waals surface area (Å²) in [4.78, 5) is 44.8. The van der Waals surface area contributed by atoms with Crippen molar-refractivity contribution in [1.82, 2.24) is 35.5 Å². The summed E-state index contributed by atoms with van der Waals surface area (Å²) in [6.07, 6.45) is 3.21. The van der Waals surface area contributed by atoms with Crippen LogP contribution in [0.3, 0.4) is 0 Å². The second kappa shape index (κ2) is 12.6. The van der Waals surface area contributed by atoms with E-state index in [1.54, 1.807) is 22.6 Å². The van der Waals surface area contributed by atoms with Gasteiger partial charge in [-0.05, 0) is 44.9 Å². The fraction of sp³-hybridized carbons (Fsp3) is 0.462. The van der Waals surface area contributed by atoms with Gasteiger partial charge < -0.3 is 20.3 Å². The van der Waals surface area contributed by atoms with Crippen molar-refractivity contribution in [2.24, 2.45) is 0 Å². The van der Waals surface area contributed by atoms with E-state index in [9.17, 15) is 14.4 Å². The first kappa shape index (κ1) is 27.2. The zero-order valence-corrected chi connectivity index (χ0v) is 22.7. The zero-order chi connectivity index (χ0) is 27.1. The van der Waals surface area contributed by atoms with Crippen molar-refractivity contribution >= 4 is 29.1 Å². The highest BCUT2D eigenvalue weighted by molar-refractivity contribution is 7.09. The zero-order valence-electron chi connectivity index (χ0n) is 21.9. The van der Waals surface area contributed by atoms with Crippen LogP contribution in [0.5, 0.6) is 5.75 Å². The van der Waals surface area contributed by atoms with Crippen molar-refractivity contribution < 1.29 is 19.1 Å². The SMILES string of the molecule is Cc1ccc2c(c1)OCCCn1cc(nn1)CN(C(=O)Cc1csc(C)n1)CCCNC(=O)[C@@H](C)NC2=O. The molecule has 0 saturated carbocycles. The van der Waals surface area contributed by atoms with Gasteiger partial charge in [-0.15, -0.1) is 16.4 Å². The molecule has 0 saturated heterocycles. The summed E-state index contributed by atoms with van der Waals surface area (Å²) < 4.78 is 7.67. The molecule has 1 atom stereocenters. The highest BCUT2D eigenvalue weighted by Gasteiger charge is 2.21. The van der Waals surface area contributed by atoms with E-state index in [1.165, 1.54) is 11.3 Å². The number of rotatable bonds is 2. The molecular weight excluding hydrogens is 506 g/mol. The van der Waals surface area contributed by atoms with Crippen LogP contribution in [-0.4, -0.2) is 68.3 Å². The van der Waals surface area contributed by atoms with Gasteiger partial charge in [0.1, 0.15) is 17.5 Å². The van der Waals surface area contributed by atoms with Crippen LogP contribution in [0.2, 0.25) is 0 Å². The molecule has 2 bridgehead atoms. The first-order valence-electron chi connectivity index (χ1n) is 12.7. The number of aryl methyl sites for hydroxylation is 3. The lowest BCUT2D eigenvalue weighted by atomic mass is 10.1. The molecule has 1 aromatic carbocycles. The molecule has 1 aliphatic heterocycles. The Hall–Kier alpha value is -3.80. The van der Waals surface area contributed by atoms with Crippen LogP contribution >= 0.6 is 11.3 Å². The normalized spacial score (nSPS) is 17.8. The third-order valence-corrected chi connectivity index (χ3v) is 6.93. The number of carbonyl (C=O) groups excluding carboxylic acids is 3. The number of hydrogen-bond donors (Lipinski definition) is 2. The largest absolute Gasteiger partial charge is 0.493 e. The molecule has 0 radical (unpaired) electrons. The minimum Gasteiger partial charge on any atom is -0.493 e. The third-order valence-electron chi connectivity index (χ3n) is 6.11. The fourth-order valence-electron chi connectivity index (χ4n) is 4.08. The summed E-state index contributed by atoms with van der Waals surface area (Å²) in [6, 6.07) is 4.61. The van der Waals surface area contributed by atoms with Crippen LogP contribution in [0.4, 0.5) is 0 Å². The Kier molecular flexibility index (Phi) is 9.06. The minimum atomic E-state index is -0.738. The molecule has 2 aromatic heterocycles. The smallest absolute Gasteiger partial charge is 0.255 e. The van der Waals surface area contributed by atoms with E-state index in [2.05, 4.69) is 25.9 Å². The van der Waals surface area contributed by atoms with Crippen LogP contribution in [0, 0.1) is 13.8 Å². The molecule has 1 aliphatic rings. The summed E-state index contributed by atoms with van der Waals surface area (Å²) in [7, 11) is 0. The summed E-state index contributed by atoms with van der Waals surface area (Å²) in [5, 5.41) is 16.9. The first-order valence-corrected chi connectivity index (χ1v) is 13.6. The number of ether oxygens (including phenoxy) is 1. The van der Waals surface area contributed by atoms with Crippen molar-refractivity contribution in [3.8, 4) is 5.75 Å². The van der Waals surface area contributed by atoms with Gasteiger partial charge in [0.25, 0.3) is 5.91 Å². The molecule has 2 N–H and O–H groups in total. The van der Waals surface area contributed by atoms with Crippen molar-refractivity contribution in [2.45, 2.75) is 59.2 Å². The molecule has 3 amide bonds. The molecule has 202 valence electrons. The monoisotopic (exact) mass is 539 g/mol. The predicted molar refractivity (Wildman–Crippen MR) is 142 cm³/mol. The van der Waals surface area contributed by atoms with E-state index in [0.717, 1.165) is 16.3 Å². The number of hydrogen-bond acceptors (Lipinski definition) is 8. The Morgan fingerprint density at radius 1 is 1.21 bits per heavy atom.